The molecule has 1 unspecified atom stereocenters. The average Bonchev–Trinajstić information content (AvgIpc) is 3.35. The molecule has 0 bridgehead atoms. The molecular weight excluding hydrogens is 470 g/mol. The molecule has 1 aromatic heterocycles. The van der Waals surface area contributed by atoms with E-state index in [4.69, 9.17) is 21.5 Å². The van der Waals surface area contributed by atoms with Crippen LogP contribution in [-0.2, 0) is 0 Å². The summed E-state index contributed by atoms with van der Waals surface area (Å²) >= 11 is 5.65. The van der Waals surface area contributed by atoms with Crippen LogP contribution in [0, 0.1) is 11.6 Å². The lowest BCUT2D eigenvalue weighted by Gasteiger charge is -2.37. The van der Waals surface area contributed by atoms with E-state index in [1.807, 2.05) is 25.1 Å². The van der Waals surface area contributed by atoms with Gasteiger partial charge in [0.15, 0.2) is 5.11 Å². The van der Waals surface area contributed by atoms with Crippen LogP contribution in [0.3, 0.4) is 0 Å². The summed E-state index contributed by atoms with van der Waals surface area (Å²) in [5.41, 5.74) is 3.32. The van der Waals surface area contributed by atoms with Gasteiger partial charge in [-0.3, -0.25) is 4.90 Å². The molecule has 0 fully saturated rings. The van der Waals surface area contributed by atoms with Crippen molar-refractivity contribution in [3.05, 3.63) is 102 Å². The number of allylic oxidation sites excluding steroid dienone is 1. The van der Waals surface area contributed by atoms with Crippen LogP contribution < -0.4 is 15.0 Å². The molecule has 1 atom stereocenters. The highest BCUT2D eigenvalue weighted by molar-refractivity contribution is 7.80. The van der Waals surface area contributed by atoms with Crippen LogP contribution in [0.15, 0.2) is 83.0 Å². The maximum atomic E-state index is 14.1. The second kappa shape index (κ2) is 9.27. The third kappa shape index (κ3) is 4.38. The zero-order chi connectivity index (χ0) is 24.5. The molecular formula is C26H20F2N4O2S. The standard InChI is InChI=1S/C26H20F2N4O2S/c1-15-22(25-30-24(31-34-25)17-6-4-8-21(14-17)33-2)23(16-5-3-7-19(28)13-16)29-26(35)32(15)20-11-9-18(27)10-12-20/h3-14,23H,1-2H3,(H,29,35). The Balaban J connectivity index is 1.65. The third-order valence-electron chi connectivity index (χ3n) is 5.74. The Hall–Kier alpha value is -4.11. The van der Waals surface area contributed by atoms with Gasteiger partial charge in [-0.1, -0.05) is 29.4 Å². The summed E-state index contributed by atoms with van der Waals surface area (Å²) in [7, 11) is 1.58. The molecule has 4 aromatic rings. The Morgan fingerprint density at radius 2 is 1.77 bits per heavy atom. The summed E-state index contributed by atoms with van der Waals surface area (Å²) < 4.78 is 38.7. The SMILES string of the molecule is COc1cccc(-c2noc(C3=C(C)N(c4ccc(F)cc4)C(=S)NC3c3cccc(F)c3)n2)c1. The maximum Gasteiger partial charge on any atom is 0.258 e. The number of benzene rings is 3. The fraction of sp³-hybridized carbons (Fsp3) is 0.115. The Kier molecular flexibility index (Phi) is 6.00. The van der Waals surface area contributed by atoms with Gasteiger partial charge in [-0.25, -0.2) is 8.78 Å². The van der Waals surface area contributed by atoms with E-state index < -0.39 is 6.04 Å². The number of nitrogens with one attached hydrogen (secondary N) is 1. The molecule has 0 saturated carbocycles. The smallest absolute Gasteiger partial charge is 0.258 e. The highest BCUT2D eigenvalue weighted by atomic mass is 32.1. The van der Waals surface area contributed by atoms with Crippen molar-refractivity contribution < 1.29 is 18.0 Å². The van der Waals surface area contributed by atoms with Gasteiger partial charge in [0.2, 0.25) is 5.82 Å². The summed E-state index contributed by atoms with van der Waals surface area (Å²) in [5, 5.41) is 7.80. The monoisotopic (exact) mass is 490 g/mol. The van der Waals surface area contributed by atoms with Crippen LogP contribution in [-0.4, -0.2) is 22.4 Å². The first-order valence-corrected chi connectivity index (χ1v) is 11.2. The minimum atomic E-state index is -0.548. The first-order chi connectivity index (χ1) is 16.9. The topological polar surface area (TPSA) is 63.4 Å². The normalized spacial score (nSPS) is 15.8. The van der Waals surface area contributed by atoms with Crippen molar-refractivity contribution >= 4 is 28.6 Å². The van der Waals surface area contributed by atoms with E-state index in [0.29, 0.717) is 39.2 Å². The van der Waals surface area contributed by atoms with Crippen LogP contribution in [0.5, 0.6) is 5.75 Å². The highest BCUT2D eigenvalue weighted by Gasteiger charge is 2.35. The van der Waals surface area contributed by atoms with E-state index in [-0.39, 0.29) is 17.5 Å². The highest BCUT2D eigenvalue weighted by Crippen LogP contribution is 2.39. The van der Waals surface area contributed by atoms with Crippen LogP contribution in [0.2, 0.25) is 0 Å². The minimum absolute atomic E-state index is 0.247. The number of ether oxygens (including phenoxy) is 1. The van der Waals surface area contributed by atoms with Crippen molar-refractivity contribution in [2.24, 2.45) is 0 Å². The Morgan fingerprint density at radius 1 is 1.00 bits per heavy atom. The van der Waals surface area contributed by atoms with Crippen molar-refractivity contribution in [1.29, 1.82) is 0 Å². The Labute approximate surface area is 205 Å². The van der Waals surface area contributed by atoms with Gasteiger partial charge in [-0.15, -0.1) is 0 Å². The molecule has 5 rings (SSSR count). The molecule has 3 aromatic carbocycles. The van der Waals surface area contributed by atoms with E-state index in [0.717, 1.165) is 5.56 Å². The molecule has 176 valence electrons. The number of rotatable bonds is 5. The molecule has 0 spiro atoms. The summed E-state index contributed by atoms with van der Waals surface area (Å²) in [6.45, 7) is 1.85. The first kappa shape index (κ1) is 22.7. The van der Waals surface area contributed by atoms with Gasteiger partial charge in [0.25, 0.3) is 5.89 Å². The van der Waals surface area contributed by atoms with E-state index in [9.17, 15) is 8.78 Å². The lowest BCUT2D eigenvalue weighted by molar-refractivity contribution is 0.403. The molecule has 9 heteroatoms. The van der Waals surface area contributed by atoms with Crippen molar-refractivity contribution in [1.82, 2.24) is 15.5 Å². The van der Waals surface area contributed by atoms with Crippen LogP contribution in [0.4, 0.5) is 14.5 Å². The van der Waals surface area contributed by atoms with E-state index in [1.54, 1.807) is 42.3 Å². The number of anilines is 1. The maximum absolute atomic E-state index is 14.1. The predicted octanol–water partition coefficient (Wildman–Crippen LogP) is 5.89. The summed E-state index contributed by atoms with van der Waals surface area (Å²) in [6.07, 6.45) is 0. The molecule has 2 heterocycles. The van der Waals surface area contributed by atoms with Gasteiger partial charge in [0, 0.05) is 16.9 Å². The molecule has 0 amide bonds. The van der Waals surface area contributed by atoms with Crippen LogP contribution in [0.25, 0.3) is 17.0 Å². The van der Waals surface area contributed by atoms with Gasteiger partial charge in [-0.2, -0.15) is 4.98 Å². The fourth-order valence-electron chi connectivity index (χ4n) is 4.07. The van der Waals surface area contributed by atoms with E-state index in [1.165, 1.54) is 24.3 Å². The van der Waals surface area contributed by atoms with Gasteiger partial charge in [-0.05, 0) is 73.2 Å². The van der Waals surface area contributed by atoms with Gasteiger partial charge >= 0.3 is 0 Å². The average molecular weight is 491 g/mol. The molecule has 0 aliphatic carbocycles. The fourth-order valence-corrected chi connectivity index (χ4v) is 4.43. The van der Waals surface area contributed by atoms with Crippen molar-refractivity contribution in [3.8, 4) is 17.1 Å². The van der Waals surface area contributed by atoms with Gasteiger partial charge in [0.05, 0.1) is 18.7 Å². The molecule has 6 nitrogen and oxygen atoms in total. The van der Waals surface area contributed by atoms with Crippen molar-refractivity contribution in [2.75, 3.05) is 12.0 Å². The van der Waals surface area contributed by atoms with Crippen molar-refractivity contribution in [2.45, 2.75) is 13.0 Å². The second-order valence-corrected chi connectivity index (χ2v) is 8.29. The molecule has 0 radical (unpaired) electrons. The number of aromatic nitrogens is 2. The number of thiocarbonyl (C=S) groups is 1. The predicted molar refractivity (Wildman–Crippen MR) is 133 cm³/mol. The number of hydrogen-bond donors (Lipinski definition) is 1. The molecule has 1 aliphatic heterocycles. The van der Waals surface area contributed by atoms with E-state index >= 15 is 0 Å². The molecule has 35 heavy (non-hydrogen) atoms. The first-order valence-electron chi connectivity index (χ1n) is 10.8. The summed E-state index contributed by atoms with van der Waals surface area (Å²) in [5.74, 6) is 0.546. The number of hydrogen-bond acceptors (Lipinski definition) is 5. The lowest BCUT2D eigenvalue weighted by atomic mass is 9.94. The number of nitrogens with zero attached hydrogens (tertiary/aromatic N) is 3. The zero-order valence-corrected chi connectivity index (χ0v) is 19.6. The third-order valence-corrected chi connectivity index (χ3v) is 6.04. The van der Waals surface area contributed by atoms with Crippen LogP contribution in [0.1, 0.15) is 24.4 Å². The largest absolute Gasteiger partial charge is 0.497 e. The number of halogens is 2. The zero-order valence-electron chi connectivity index (χ0n) is 18.8. The quantitative estimate of drug-likeness (QED) is 0.350. The molecule has 0 saturated heterocycles. The molecule has 1 N–H and O–H groups in total. The second-order valence-electron chi connectivity index (χ2n) is 7.90. The lowest BCUT2D eigenvalue weighted by Crippen LogP contribution is -2.46. The molecule has 1 aliphatic rings. The Morgan fingerprint density at radius 3 is 2.51 bits per heavy atom. The van der Waals surface area contributed by atoms with Crippen molar-refractivity contribution in [3.63, 3.8) is 0 Å². The summed E-state index contributed by atoms with van der Waals surface area (Å²) in [6, 6.07) is 19.0. The van der Waals surface area contributed by atoms with Gasteiger partial charge < -0.3 is 14.6 Å². The van der Waals surface area contributed by atoms with Gasteiger partial charge in [0.1, 0.15) is 17.4 Å². The summed E-state index contributed by atoms with van der Waals surface area (Å²) in [4.78, 5) is 6.40. The van der Waals surface area contributed by atoms with E-state index in [2.05, 4.69) is 15.5 Å². The van der Waals surface area contributed by atoms with Crippen LogP contribution >= 0.6 is 12.2 Å². The Bertz CT molecular complexity index is 1440. The minimum Gasteiger partial charge on any atom is -0.497 e. The number of methoxy groups -OCH3 is 1.